The third kappa shape index (κ3) is 10.6. The smallest absolute Gasteiger partial charge is 0.330 e. The fraction of sp³-hybridized carbons (Fsp3) is 0.893. The van der Waals surface area contributed by atoms with Crippen LogP contribution in [-0.2, 0) is 71.2 Å². The molecule has 0 aromatic carbocycles. The molecule has 1 unspecified atom stereocenters. The molecule has 0 radical (unpaired) electrons. The lowest BCUT2D eigenvalue weighted by Crippen LogP contribution is -2.78. The molecule has 19 heteroatoms. The number of hydrogen-bond acceptors (Lipinski definition) is 19. The Balaban J connectivity index is 0.877. The van der Waals surface area contributed by atoms with Crippen LogP contribution in [-0.4, -0.2) is 188 Å². The minimum Gasteiger partial charge on any atom is -0.458 e. The van der Waals surface area contributed by atoms with Crippen molar-refractivity contribution < 1.29 is 91.6 Å². The first kappa shape index (κ1) is 59.1. The van der Waals surface area contributed by atoms with Crippen molar-refractivity contribution in [2.24, 2.45) is 22.7 Å². The standard InChI is InChI=1S/C56H90O19/c1-28(2)29(3)21-43(58)72-42-27-41-52(9)17-16-36(22-35(52)15-18-55(41,61)56(62)20-19-54(60,34(8)57)53(42,56)10)71-44-24-38(64-12)49(31(5)68-44)74-46-26-40(66-14)51(33(7)70-46)75-47-25-39(65-13)50(32(6)69-47)73-45-23-37(63-11)48(59)30(4)67-45/h15,21,28,30-33,36-42,44-51,59-62H,16-20,22-27H2,1-14H3/b29-21+/t30-,31+,32+,33+,36-,37+,38-,39+,40-,41+,42+,44-,45-,46-,47-,48-,49+,50+,51+,52-,53+,54+,55-,56?/m0/s1. The fourth-order valence-corrected chi connectivity index (χ4v) is 14.6. The van der Waals surface area contributed by atoms with Gasteiger partial charge in [0.1, 0.15) is 47.3 Å². The molecule has 0 aromatic heterocycles. The Morgan fingerprint density at radius 1 is 0.667 bits per heavy atom. The molecule has 8 aliphatic rings. The van der Waals surface area contributed by atoms with Gasteiger partial charge in [-0.05, 0) is 105 Å². The second-order valence-corrected chi connectivity index (χ2v) is 23.9. The number of Topliss-reactive ketones (excluding diaryl/α,β-unsaturated/α-hetero) is 1. The van der Waals surface area contributed by atoms with Gasteiger partial charge in [-0.15, -0.1) is 0 Å². The van der Waals surface area contributed by atoms with Crippen molar-refractivity contribution in [3.8, 4) is 0 Å². The first-order chi connectivity index (χ1) is 35.3. The van der Waals surface area contributed by atoms with E-state index in [4.69, 9.17) is 61.6 Å². The summed E-state index contributed by atoms with van der Waals surface area (Å²) in [5, 5.41) is 48.5. The van der Waals surface area contributed by atoms with Gasteiger partial charge in [-0.3, -0.25) is 4.79 Å². The molecule has 0 bridgehead atoms. The van der Waals surface area contributed by atoms with Gasteiger partial charge in [0, 0.05) is 66.1 Å². The molecule has 3 saturated carbocycles. The predicted molar refractivity (Wildman–Crippen MR) is 269 cm³/mol. The predicted octanol–water partition coefficient (Wildman–Crippen LogP) is 5.12. The van der Waals surface area contributed by atoms with Crippen molar-refractivity contribution in [1.82, 2.24) is 0 Å². The van der Waals surface area contributed by atoms with E-state index in [0.717, 1.165) is 11.1 Å². The Morgan fingerprint density at radius 3 is 1.60 bits per heavy atom. The molecule has 0 amide bonds. The molecule has 8 rings (SSSR count). The molecule has 7 fully saturated rings. The minimum atomic E-state index is -2.02. The second kappa shape index (κ2) is 22.8. The number of aliphatic hydroxyl groups is 4. The number of carbonyl (C=O) groups is 2. The summed E-state index contributed by atoms with van der Waals surface area (Å²) in [5.74, 6) is -1.61. The fourth-order valence-electron chi connectivity index (χ4n) is 14.6. The Hall–Kier alpha value is -2.02. The Labute approximate surface area is 443 Å². The van der Waals surface area contributed by atoms with Gasteiger partial charge in [0.15, 0.2) is 30.9 Å². The van der Waals surface area contributed by atoms with Gasteiger partial charge < -0.3 is 82.0 Å². The van der Waals surface area contributed by atoms with Gasteiger partial charge in [0.25, 0.3) is 0 Å². The lowest BCUT2D eigenvalue weighted by molar-refractivity contribution is -0.347. The van der Waals surface area contributed by atoms with Gasteiger partial charge >= 0.3 is 5.97 Å². The lowest BCUT2D eigenvalue weighted by atomic mass is 9.42. The largest absolute Gasteiger partial charge is 0.458 e. The molecule has 75 heavy (non-hydrogen) atoms. The Morgan fingerprint density at radius 2 is 1.13 bits per heavy atom. The highest BCUT2D eigenvalue weighted by Crippen LogP contribution is 2.71. The molecule has 0 aromatic rings. The summed E-state index contributed by atoms with van der Waals surface area (Å²) in [6.07, 6.45) is -2.49. The van der Waals surface area contributed by atoms with Crippen LogP contribution in [0.5, 0.6) is 0 Å². The first-order valence-electron chi connectivity index (χ1n) is 27.6. The average molecular weight is 1070 g/mol. The average Bonchev–Trinajstić information content (AvgIpc) is 3.60. The summed E-state index contributed by atoms with van der Waals surface area (Å²) < 4.78 is 81.6. The molecule has 4 aliphatic carbocycles. The maximum Gasteiger partial charge on any atom is 0.330 e. The summed E-state index contributed by atoms with van der Waals surface area (Å²) in [4.78, 5) is 26.9. The van der Waals surface area contributed by atoms with E-state index in [-0.39, 0.29) is 43.8 Å². The van der Waals surface area contributed by atoms with Crippen LogP contribution in [0.4, 0.5) is 0 Å². The van der Waals surface area contributed by atoms with E-state index >= 15 is 0 Å². The summed E-state index contributed by atoms with van der Waals surface area (Å²) in [5.41, 5.74) is -6.10. The first-order valence-corrected chi connectivity index (χ1v) is 27.6. The van der Waals surface area contributed by atoms with E-state index in [1.165, 1.54) is 13.0 Å². The van der Waals surface area contributed by atoms with Gasteiger partial charge in [-0.1, -0.05) is 38.0 Å². The topological polar surface area (TPSA) is 235 Å². The number of ether oxygens (including phenoxy) is 13. The monoisotopic (exact) mass is 1070 g/mol. The van der Waals surface area contributed by atoms with Crippen molar-refractivity contribution >= 4 is 11.8 Å². The summed E-state index contributed by atoms with van der Waals surface area (Å²) >= 11 is 0. The molecule has 428 valence electrons. The van der Waals surface area contributed by atoms with E-state index in [1.54, 1.807) is 42.3 Å². The molecule has 24 atom stereocenters. The van der Waals surface area contributed by atoms with E-state index in [0.29, 0.717) is 44.9 Å². The van der Waals surface area contributed by atoms with E-state index in [1.807, 2.05) is 47.6 Å². The molecule has 4 saturated heterocycles. The molecule has 4 aliphatic heterocycles. The number of esters is 1. The summed E-state index contributed by atoms with van der Waals surface area (Å²) in [6.45, 7) is 18.4. The highest BCUT2D eigenvalue weighted by molar-refractivity contribution is 5.87. The molecular formula is C56H90O19. The van der Waals surface area contributed by atoms with Crippen LogP contribution in [0.2, 0.25) is 0 Å². The van der Waals surface area contributed by atoms with Crippen LogP contribution in [0.1, 0.15) is 140 Å². The van der Waals surface area contributed by atoms with E-state index < -0.39 is 144 Å². The zero-order chi connectivity index (χ0) is 54.7. The number of fused-ring (bicyclic) bond motifs is 5. The quantitative estimate of drug-likeness (QED) is 0.0892. The van der Waals surface area contributed by atoms with Gasteiger partial charge in [0.2, 0.25) is 0 Å². The molecule has 4 heterocycles. The number of hydrogen-bond donors (Lipinski definition) is 4. The highest BCUT2D eigenvalue weighted by Gasteiger charge is 2.81. The number of aliphatic hydroxyl groups excluding tert-OH is 1. The highest BCUT2D eigenvalue weighted by atomic mass is 16.8. The summed E-state index contributed by atoms with van der Waals surface area (Å²) in [7, 11) is 6.49. The van der Waals surface area contributed by atoms with Crippen molar-refractivity contribution in [1.29, 1.82) is 0 Å². The SMILES string of the molecule is CO[C@H]1C[C@H](O[C@H]2CC[C@@]3(C)C(=CC[C@]4(O)[C@@H]3C[C@@H](OC(=O)/C=C(\C)C(C)C)[C@@]3(C)C4(O)CC[C@@]3(O)C(C)=O)C2)O[C@H](C)[C@H]1O[C@H]1C[C@H](OC)[C@H](O[C@H]2C[C@@H](OC)[C@H](O[C@H]3C[C@@H](OC)[C@@H](O)[C@H](C)O3)[C@@H](C)O2)[C@@H](C)O1. The number of allylic oxidation sites excluding steroid dienone is 1. The molecule has 4 N–H and O–H groups in total. The Kier molecular flexibility index (Phi) is 18.0. The molecular weight excluding hydrogens is 977 g/mol. The Bertz CT molecular complexity index is 2070. The number of rotatable bonds is 16. The summed E-state index contributed by atoms with van der Waals surface area (Å²) in [6, 6.07) is 0. The van der Waals surface area contributed by atoms with E-state index in [2.05, 4.69) is 6.92 Å². The second-order valence-electron chi connectivity index (χ2n) is 23.9. The van der Waals surface area contributed by atoms with Gasteiger partial charge in [-0.2, -0.15) is 0 Å². The number of methoxy groups -OCH3 is 4. The minimum absolute atomic E-state index is 0.0344. The van der Waals surface area contributed by atoms with Crippen molar-refractivity contribution in [2.45, 2.75) is 267 Å². The van der Waals surface area contributed by atoms with Crippen molar-refractivity contribution in [2.75, 3.05) is 28.4 Å². The van der Waals surface area contributed by atoms with Crippen LogP contribution in [0.3, 0.4) is 0 Å². The normalized spacial score (nSPS) is 49.3. The van der Waals surface area contributed by atoms with Crippen LogP contribution < -0.4 is 0 Å². The molecule has 19 nitrogen and oxygen atoms in total. The van der Waals surface area contributed by atoms with Gasteiger partial charge in [-0.25, -0.2) is 4.79 Å². The van der Waals surface area contributed by atoms with Crippen LogP contribution >= 0.6 is 0 Å². The van der Waals surface area contributed by atoms with Crippen molar-refractivity contribution in [3.05, 3.63) is 23.3 Å². The number of carbonyl (C=O) groups excluding carboxylic acids is 2. The van der Waals surface area contributed by atoms with Crippen LogP contribution in [0, 0.1) is 22.7 Å². The zero-order valence-electron chi connectivity index (χ0n) is 46.9. The van der Waals surface area contributed by atoms with Crippen LogP contribution in [0.25, 0.3) is 0 Å². The third-order valence-corrected chi connectivity index (χ3v) is 19.6. The molecule has 0 spiro atoms. The zero-order valence-corrected chi connectivity index (χ0v) is 46.9. The maximum atomic E-state index is 13.6. The van der Waals surface area contributed by atoms with E-state index in [9.17, 15) is 30.0 Å². The van der Waals surface area contributed by atoms with Crippen molar-refractivity contribution in [3.63, 3.8) is 0 Å². The number of ketones is 1. The lowest BCUT2D eigenvalue weighted by Gasteiger charge is -2.67. The maximum absolute atomic E-state index is 13.6. The van der Waals surface area contributed by atoms with Crippen LogP contribution in [0.15, 0.2) is 23.3 Å². The third-order valence-electron chi connectivity index (χ3n) is 19.6. The van der Waals surface area contributed by atoms with Gasteiger partial charge in [0.05, 0.1) is 60.4 Å².